The van der Waals surface area contributed by atoms with Crippen LogP contribution in [0.25, 0.3) is 0 Å². The first-order chi connectivity index (χ1) is 8.60. The molecule has 0 spiro atoms. The fourth-order valence-electron chi connectivity index (χ4n) is 2.08. The highest BCUT2D eigenvalue weighted by Gasteiger charge is 2.49. The molecule has 1 aliphatic heterocycles. The summed E-state index contributed by atoms with van der Waals surface area (Å²) < 4.78 is 10.7. The summed E-state index contributed by atoms with van der Waals surface area (Å²) in [6.07, 6.45) is 5.22. The van der Waals surface area contributed by atoms with Crippen LogP contribution < -0.4 is 0 Å². The molecule has 1 aliphatic rings. The molecule has 0 aromatic rings. The van der Waals surface area contributed by atoms with Gasteiger partial charge in [0.25, 0.3) is 0 Å². The second-order valence-electron chi connectivity index (χ2n) is 5.59. The number of methoxy groups -OCH3 is 1. The second kappa shape index (κ2) is 5.17. The number of carbonyl (C=O) groups excluding carboxylic acids is 1. The zero-order valence-electron chi connectivity index (χ0n) is 12.4. The monoisotopic (exact) mass is 262 g/mol. The maximum atomic E-state index is 12.3. The zero-order chi connectivity index (χ0) is 14.8. The van der Waals surface area contributed by atoms with E-state index in [1.165, 1.54) is 0 Å². The fraction of sp³-hybridized carbons (Fsp3) is 0.438. The fourth-order valence-corrected chi connectivity index (χ4v) is 2.08. The normalized spacial score (nSPS) is 23.0. The third-order valence-electron chi connectivity index (χ3n) is 3.03. The minimum Gasteiger partial charge on any atom is -0.497 e. The lowest BCUT2D eigenvalue weighted by atomic mass is 9.91. The molecule has 0 unspecified atom stereocenters. The Bertz CT molecular complexity index is 476. The molecule has 0 bridgehead atoms. The molecular formula is C16H22O3. The molecule has 0 saturated carbocycles. The molecule has 0 aliphatic carbocycles. The molecule has 3 nitrogen and oxygen atoms in total. The number of hydrogen-bond acceptors (Lipinski definition) is 3. The van der Waals surface area contributed by atoms with E-state index in [1.807, 2.05) is 13.8 Å². The van der Waals surface area contributed by atoms with Crippen molar-refractivity contribution >= 4 is 5.78 Å². The summed E-state index contributed by atoms with van der Waals surface area (Å²) >= 11 is 0. The van der Waals surface area contributed by atoms with Crippen molar-refractivity contribution < 1.29 is 14.3 Å². The molecule has 1 saturated heterocycles. The van der Waals surface area contributed by atoms with Gasteiger partial charge in [-0.3, -0.25) is 4.79 Å². The summed E-state index contributed by atoms with van der Waals surface area (Å²) in [5.74, 6) is 0.533. The molecule has 1 fully saturated rings. The third-order valence-corrected chi connectivity index (χ3v) is 3.03. The van der Waals surface area contributed by atoms with E-state index in [1.54, 1.807) is 39.2 Å². The van der Waals surface area contributed by atoms with Gasteiger partial charge in [-0.15, -0.1) is 0 Å². The van der Waals surface area contributed by atoms with Crippen LogP contribution in [0.15, 0.2) is 48.3 Å². The Morgan fingerprint density at radius 3 is 2.16 bits per heavy atom. The number of ketones is 1. The van der Waals surface area contributed by atoms with E-state index in [0.29, 0.717) is 16.9 Å². The van der Waals surface area contributed by atoms with Gasteiger partial charge < -0.3 is 9.47 Å². The van der Waals surface area contributed by atoms with E-state index in [-0.39, 0.29) is 5.78 Å². The van der Waals surface area contributed by atoms with Gasteiger partial charge in [0.1, 0.15) is 11.4 Å². The molecule has 104 valence electrons. The molecule has 3 heteroatoms. The standard InChI is InChI=1S/C16H22O3/c1-11(8-9-12(2)18-7)10-13-14(17)16(5,6)19-15(13,3)4/h8-10H,1-2H2,3-7H3/b9-8-,13-10-. The highest BCUT2D eigenvalue weighted by atomic mass is 16.5. The average Bonchev–Trinajstić information content (AvgIpc) is 2.44. The van der Waals surface area contributed by atoms with Gasteiger partial charge in [-0.1, -0.05) is 19.2 Å². The topological polar surface area (TPSA) is 35.5 Å². The lowest BCUT2D eigenvalue weighted by Crippen LogP contribution is -2.29. The van der Waals surface area contributed by atoms with E-state index in [0.717, 1.165) is 0 Å². The van der Waals surface area contributed by atoms with Gasteiger partial charge in [0, 0.05) is 5.57 Å². The van der Waals surface area contributed by atoms with Gasteiger partial charge in [0.15, 0.2) is 5.78 Å². The molecule has 0 atom stereocenters. The van der Waals surface area contributed by atoms with E-state index < -0.39 is 11.2 Å². The van der Waals surface area contributed by atoms with Gasteiger partial charge >= 0.3 is 0 Å². The Morgan fingerprint density at radius 2 is 1.74 bits per heavy atom. The zero-order valence-corrected chi connectivity index (χ0v) is 12.4. The number of allylic oxidation sites excluding steroid dienone is 4. The Kier molecular flexibility index (Phi) is 4.21. The Morgan fingerprint density at radius 1 is 1.16 bits per heavy atom. The average molecular weight is 262 g/mol. The van der Waals surface area contributed by atoms with Crippen LogP contribution in [-0.2, 0) is 14.3 Å². The van der Waals surface area contributed by atoms with Crippen LogP contribution in [0.2, 0.25) is 0 Å². The molecular weight excluding hydrogens is 240 g/mol. The summed E-state index contributed by atoms with van der Waals surface area (Å²) in [4.78, 5) is 12.3. The van der Waals surface area contributed by atoms with E-state index >= 15 is 0 Å². The highest BCUT2D eigenvalue weighted by molar-refractivity contribution is 6.05. The van der Waals surface area contributed by atoms with Crippen LogP contribution in [0.3, 0.4) is 0 Å². The van der Waals surface area contributed by atoms with Crippen molar-refractivity contribution in [1.29, 1.82) is 0 Å². The Labute approximate surface area is 115 Å². The van der Waals surface area contributed by atoms with Crippen LogP contribution in [0, 0.1) is 0 Å². The lowest BCUT2D eigenvalue weighted by Gasteiger charge is -2.22. The minimum atomic E-state index is -0.782. The molecule has 0 aromatic carbocycles. The van der Waals surface area contributed by atoms with Gasteiger partial charge in [-0.2, -0.15) is 0 Å². The first-order valence-corrected chi connectivity index (χ1v) is 6.17. The largest absolute Gasteiger partial charge is 0.497 e. The Balaban J connectivity index is 2.99. The van der Waals surface area contributed by atoms with Crippen LogP contribution in [-0.4, -0.2) is 24.1 Å². The predicted molar refractivity (Wildman–Crippen MR) is 76.8 cm³/mol. The predicted octanol–water partition coefficient (Wildman–Crippen LogP) is 3.34. The Hall–Kier alpha value is -1.61. The van der Waals surface area contributed by atoms with Crippen molar-refractivity contribution in [2.24, 2.45) is 0 Å². The van der Waals surface area contributed by atoms with Gasteiger partial charge in [-0.05, 0) is 45.4 Å². The molecule has 19 heavy (non-hydrogen) atoms. The number of carbonyl (C=O) groups is 1. The first-order valence-electron chi connectivity index (χ1n) is 6.17. The van der Waals surface area contributed by atoms with Crippen molar-refractivity contribution in [3.8, 4) is 0 Å². The maximum absolute atomic E-state index is 12.3. The summed E-state index contributed by atoms with van der Waals surface area (Å²) in [5.41, 5.74) is -0.0449. The first kappa shape index (κ1) is 15.4. The number of rotatable bonds is 4. The molecule has 0 aromatic heterocycles. The molecule has 0 radical (unpaired) electrons. The van der Waals surface area contributed by atoms with Crippen LogP contribution >= 0.6 is 0 Å². The number of hydrogen-bond donors (Lipinski definition) is 0. The third kappa shape index (κ3) is 3.44. The number of ether oxygens (including phenoxy) is 2. The van der Waals surface area contributed by atoms with Gasteiger partial charge in [0.2, 0.25) is 0 Å². The van der Waals surface area contributed by atoms with E-state index in [2.05, 4.69) is 13.2 Å². The number of Topliss-reactive ketones (excluding diaryl/α,β-unsaturated/α-hetero) is 1. The maximum Gasteiger partial charge on any atom is 0.192 e. The van der Waals surface area contributed by atoms with Crippen molar-refractivity contribution in [3.05, 3.63) is 48.3 Å². The summed E-state index contributed by atoms with van der Waals surface area (Å²) in [5, 5.41) is 0. The van der Waals surface area contributed by atoms with Crippen molar-refractivity contribution in [3.63, 3.8) is 0 Å². The smallest absolute Gasteiger partial charge is 0.192 e. The second-order valence-corrected chi connectivity index (χ2v) is 5.59. The van der Waals surface area contributed by atoms with Gasteiger partial charge in [0.05, 0.1) is 12.7 Å². The van der Waals surface area contributed by atoms with Crippen molar-refractivity contribution in [2.45, 2.75) is 38.9 Å². The quantitative estimate of drug-likeness (QED) is 0.443. The van der Waals surface area contributed by atoms with Crippen molar-refractivity contribution in [1.82, 2.24) is 0 Å². The summed E-state index contributed by atoms with van der Waals surface area (Å²) in [6, 6.07) is 0. The van der Waals surface area contributed by atoms with Crippen molar-refractivity contribution in [2.75, 3.05) is 7.11 Å². The van der Waals surface area contributed by atoms with E-state index in [9.17, 15) is 4.79 Å². The minimum absolute atomic E-state index is 0.00221. The summed E-state index contributed by atoms with van der Waals surface area (Å²) in [7, 11) is 1.55. The van der Waals surface area contributed by atoms with Gasteiger partial charge in [-0.25, -0.2) is 0 Å². The van der Waals surface area contributed by atoms with Crippen LogP contribution in [0.5, 0.6) is 0 Å². The van der Waals surface area contributed by atoms with Crippen LogP contribution in [0.1, 0.15) is 27.7 Å². The summed E-state index contributed by atoms with van der Waals surface area (Å²) in [6.45, 7) is 14.9. The molecule has 0 amide bonds. The molecule has 1 heterocycles. The van der Waals surface area contributed by atoms with Crippen LogP contribution in [0.4, 0.5) is 0 Å². The molecule has 1 rings (SSSR count). The SMILES string of the molecule is C=C(/C=C\C(=C)OC)/C=C1/C(=O)C(C)(C)OC1(C)C. The lowest BCUT2D eigenvalue weighted by molar-refractivity contribution is -0.132. The van der Waals surface area contributed by atoms with E-state index in [4.69, 9.17) is 9.47 Å². The highest BCUT2D eigenvalue weighted by Crippen LogP contribution is 2.39. The molecule has 0 N–H and O–H groups in total.